The van der Waals surface area contributed by atoms with Crippen LogP contribution in [0.15, 0.2) is 54.7 Å². The number of hydrogen-bond donors (Lipinski definition) is 1. The van der Waals surface area contributed by atoms with E-state index in [9.17, 15) is 9.90 Å². The van der Waals surface area contributed by atoms with Gasteiger partial charge in [0.15, 0.2) is 5.60 Å². The van der Waals surface area contributed by atoms with E-state index in [1.807, 2.05) is 71.1 Å². The van der Waals surface area contributed by atoms with Gasteiger partial charge in [-0.2, -0.15) is 10.2 Å². The minimum Gasteiger partial charge on any atom is -0.490 e. The molecule has 0 radical (unpaired) electrons. The van der Waals surface area contributed by atoms with Crippen molar-refractivity contribution in [3.8, 4) is 22.7 Å². The highest BCUT2D eigenvalue weighted by Gasteiger charge is 2.29. The van der Waals surface area contributed by atoms with Crippen LogP contribution in [-0.4, -0.2) is 42.3 Å². The van der Waals surface area contributed by atoms with Gasteiger partial charge in [-0.25, -0.2) is 9.48 Å². The van der Waals surface area contributed by atoms with Crippen LogP contribution >= 0.6 is 0 Å². The number of hydrogen-bond acceptors (Lipinski definition) is 5. The number of benzene rings is 2. The lowest BCUT2D eigenvalue weighted by molar-refractivity contribution is -0.162. The Labute approximate surface area is 191 Å². The number of fused-ring (bicyclic) bond motifs is 1. The lowest BCUT2D eigenvalue weighted by Gasteiger charge is -2.19. The van der Waals surface area contributed by atoms with E-state index in [-0.39, 0.29) is 6.61 Å². The molecule has 0 saturated heterocycles. The quantitative estimate of drug-likeness (QED) is 0.433. The van der Waals surface area contributed by atoms with Crippen molar-refractivity contribution in [3.05, 3.63) is 60.4 Å². The molecule has 1 aliphatic carbocycles. The maximum absolute atomic E-state index is 11.5. The first-order valence-corrected chi connectivity index (χ1v) is 11.0. The van der Waals surface area contributed by atoms with Gasteiger partial charge in [-0.05, 0) is 51.0 Å². The van der Waals surface area contributed by atoms with Gasteiger partial charge in [0.1, 0.15) is 5.75 Å². The molecule has 0 bridgehead atoms. The SMILES string of the molecule is Cn1ncc2cccc(-n3nc(COC(C)(C)C(=O)O)cc3-c3cccc(OC4CC4)c3)c21. The number of aromatic nitrogens is 4. The molecule has 2 heterocycles. The third-order valence-corrected chi connectivity index (χ3v) is 5.78. The summed E-state index contributed by atoms with van der Waals surface area (Å²) in [5.41, 5.74) is 2.95. The standard InChI is InChI=1S/C25H26N4O4/c1-25(2,24(30)31)32-15-18-13-22(16-6-4-8-20(12-16)33-19-10-11-19)29(27-18)21-9-5-7-17-14-26-28(3)23(17)21/h4-9,12-14,19H,10-11,15H2,1-3H3,(H,30,31). The van der Waals surface area contributed by atoms with Crippen LogP contribution < -0.4 is 4.74 Å². The van der Waals surface area contributed by atoms with Crippen LogP contribution in [0.1, 0.15) is 32.4 Å². The van der Waals surface area contributed by atoms with Gasteiger partial charge in [0, 0.05) is 18.0 Å². The minimum absolute atomic E-state index is 0.0684. The maximum Gasteiger partial charge on any atom is 0.335 e. The Morgan fingerprint density at radius 1 is 1.18 bits per heavy atom. The van der Waals surface area contributed by atoms with Crippen LogP contribution in [0, 0.1) is 0 Å². The summed E-state index contributed by atoms with van der Waals surface area (Å²) in [7, 11) is 1.90. The van der Waals surface area contributed by atoms with Gasteiger partial charge in [0.2, 0.25) is 0 Å². The fourth-order valence-electron chi connectivity index (χ4n) is 3.70. The Morgan fingerprint density at radius 3 is 2.73 bits per heavy atom. The number of carboxylic acids is 1. The van der Waals surface area contributed by atoms with Crippen molar-refractivity contribution in [2.24, 2.45) is 7.05 Å². The molecular weight excluding hydrogens is 420 g/mol. The molecule has 5 rings (SSSR count). The molecule has 0 unspecified atom stereocenters. The van der Waals surface area contributed by atoms with Crippen molar-refractivity contribution in [1.82, 2.24) is 19.6 Å². The van der Waals surface area contributed by atoms with Gasteiger partial charge >= 0.3 is 5.97 Å². The average molecular weight is 447 g/mol. The number of nitrogens with zero attached hydrogens (tertiary/aromatic N) is 4. The van der Waals surface area contributed by atoms with E-state index < -0.39 is 11.6 Å². The number of carboxylic acid groups (broad SMARTS) is 1. The van der Waals surface area contributed by atoms with Gasteiger partial charge in [-0.1, -0.05) is 24.3 Å². The van der Waals surface area contributed by atoms with Gasteiger partial charge in [-0.3, -0.25) is 4.68 Å². The highest BCUT2D eigenvalue weighted by atomic mass is 16.5. The summed E-state index contributed by atoms with van der Waals surface area (Å²) in [4.78, 5) is 11.5. The number of carbonyl (C=O) groups is 1. The van der Waals surface area contributed by atoms with Crippen molar-refractivity contribution in [3.63, 3.8) is 0 Å². The molecule has 170 valence electrons. The molecule has 1 fully saturated rings. The first-order chi connectivity index (χ1) is 15.8. The summed E-state index contributed by atoms with van der Waals surface area (Å²) in [6.07, 6.45) is 4.30. The second-order valence-corrected chi connectivity index (χ2v) is 8.87. The normalized spacial score (nSPS) is 14.0. The summed E-state index contributed by atoms with van der Waals surface area (Å²) in [6, 6.07) is 15.9. The molecule has 33 heavy (non-hydrogen) atoms. The Kier molecular flexibility index (Phi) is 5.17. The molecule has 8 heteroatoms. The molecule has 1 aliphatic rings. The Bertz CT molecular complexity index is 1330. The zero-order valence-corrected chi connectivity index (χ0v) is 18.9. The van der Waals surface area contributed by atoms with E-state index >= 15 is 0 Å². The van der Waals surface area contributed by atoms with Crippen LogP contribution in [0.4, 0.5) is 0 Å². The van der Waals surface area contributed by atoms with Crippen molar-refractivity contribution in [2.75, 3.05) is 0 Å². The zero-order chi connectivity index (χ0) is 23.2. The molecule has 4 aromatic rings. The van der Waals surface area contributed by atoms with Gasteiger partial charge in [-0.15, -0.1) is 0 Å². The summed E-state index contributed by atoms with van der Waals surface area (Å²) in [6.45, 7) is 3.13. The fraction of sp³-hybridized carbons (Fsp3) is 0.320. The topological polar surface area (TPSA) is 91.4 Å². The molecule has 8 nitrogen and oxygen atoms in total. The first kappa shape index (κ1) is 21.2. The monoisotopic (exact) mass is 446 g/mol. The number of para-hydroxylation sites is 1. The van der Waals surface area contributed by atoms with E-state index in [1.54, 1.807) is 0 Å². The molecule has 2 aromatic heterocycles. The van der Waals surface area contributed by atoms with Crippen molar-refractivity contribution >= 4 is 16.9 Å². The number of aryl methyl sites for hydroxylation is 1. The Hall–Kier alpha value is -3.65. The average Bonchev–Trinajstić information content (AvgIpc) is 3.37. The van der Waals surface area contributed by atoms with Crippen LogP contribution in [0.25, 0.3) is 27.8 Å². The number of rotatable bonds is 8. The van der Waals surface area contributed by atoms with Gasteiger partial charge < -0.3 is 14.6 Å². The van der Waals surface area contributed by atoms with Crippen molar-refractivity contribution < 1.29 is 19.4 Å². The second kappa shape index (κ2) is 8.04. The maximum atomic E-state index is 11.5. The predicted molar refractivity (Wildman–Crippen MR) is 123 cm³/mol. The minimum atomic E-state index is -1.32. The summed E-state index contributed by atoms with van der Waals surface area (Å²) in [5, 5.41) is 19.6. The molecule has 0 aliphatic heterocycles. The zero-order valence-electron chi connectivity index (χ0n) is 18.9. The fourth-order valence-corrected chi connectivity index (χ4v) is 3.70. The highest BCUT2D eigenvalue weighted by molar-refractivity contribution is 5.87. The highest BCUT2D eigenvalue weighted by Crippen LogP contribution is 2.33. The molecule has 0 amide bonds. The third-order valence-electron chi connectivity index (χ3n) is 5.78. The van der Waals surface area contributed by atoms with Crippen LogP contribution in [0.3, 0.4) is 0 Å². The van der Waals surface area contributed by atoms with E-state index in [2.05, 4.69) is 5.10 Å². The molecule has 0 atom stereocenters. The number of ether oxygens (including phenoxy) is 2. The van der Waals surface area contributed by atoms with E-state index in [0.717, 1.165) is 46.4 Å². The second-order valence-electron chi connectivity index (χ2n) is 8.87. The summed E-state index contributed by atoms with van der Waals surface area (Å²) >= 11 is 0. The van der Waals surface area contributed by atoms with Gasteiger partial charge in [0.25, 0.3) is 0 Å². The van der Waals surface area contributed by atoms with Crippen molar-refractivity contribution in [2.45, 2.75) is 45.0 Å². The Morgan fingerprint density at radius 2 is 1.97 bits per heavy atom. The first-order valence-electron chi connectivity index (χ1n) is 11.0. The number of aliphatic carboxylic acids is 1. The predicted octanol–water partition coefficient (Wildman–Crippen LogP) is 4.35. The molecule has 1 N–H and O–H groups in total. The lowest BCUT2D eigenvalue weighted by Crippen LogP contribution is -2.34. The van der Waals surface area contributed by atoms with E-state index in [4.69, 9.17) is 14.6 Å². The molecule has 2 aromatic carbocycles. The summed E-state index contributed by atoms with van der Waals surface area (Å²) < 4.78 is 15.4. The van der Waals surface area contributed by atoms with E-state index in [0.29, 0.717) is 11.8 Å². The van der Waals surface area contributed by atoms with Crippen LogP contribution in [-0.2, 0) is 23.2 Å². The molecular formula is C25H26N4O4. The Balaban J connectivity index is 1.60. The molecule has 0 spiro atoms. The van der Waals surface area contributed by atoms with Crippen LogP contribution in [0.5, 0.6) is 5.75 Å². The van der Waals surface area contributed by atoms with E-state index in [1.165, 1.54) is 13.8 Å². The third kappa shape index (κ3) is 4.21. The van der Waals surface area contributed by atoms with Crippen LogP contribution in [0.2, 0.25) is 0 Å². The van der Waals surface area contributed by atoms with Gasteiger partial charge in [0.05, 0.1) is 41.5 Å². The largest absolute Gasteiger partial charge is 0.490 e. The van der Waals surface area contributed by atoms with Crippen molar-refractivity contribution in [1.29, 1.82) is 0 Å². The lowest BCUT2D eigenvalue weighted by atomic mass is 10.1. The summed E-state index contributed by atoms with van der Waals surface area (Å²) in [5.74, 6) is -0.196. The molecule has 1 saturated carbocycles. The smallest absolute Gasteiger partial charge is 0.335 e.